The summed E-state index contributed by atoms with van der Waals surface area (Å²) in [5.74, 6) is 0.735. The Kier molecular flexibility index (Phi) is 3.45. The maximum absolute atomic E-state index is 5.65. The third-order valence-electron chi connectivity index (χ3n) is 2.72. The second-order valence-corrected chi connectivity index (χ2v) is 6.14. The van der Waals surface area contributed by atoms with Gasteiger partial charge in [-0.2, -0.15) is 15.0 Å². The molecule has 0 saturated heterocycles. The highest BCUT2D eigenvalue weighted by Crippen LogP contribution is 2.36. The topological polar surface area (TPSA) is 90.7 Å². The lowest BCUT2D eigenvalue weighted by atomic mass is 9.83. The van der Waals surface area contributed by atoms with Gasteiger partial charge in [-0.05, 0) is 17.0 Å². The molecule has 5 nitrogen and oxygen atoms in total. The number of rotatable bonds is 1. The van der Waals surface area contributed by atoms with Crippen LogP contribution in [-0.4, -0.2) is 15.0 Å². The summed E-state index contributed by atoms with van der Waals surface area (Å²) in [6, 6.07) is 5.99. The van der Waals surface area contributed by atoms with Crippen LogP contribution in [0.4, 0.5) is 11.9 Å². The number of nitrogens with zero attached hydrogens (tertiary/aromatic N) is 3. The van der Waals surface area contributed by atoms with Crippen molar-refractivity contribution in [3.8, 4) is 11.4 Å². The number of halogens is 1. The number of hydrogen-bond donors (Lipinski definition) is 2. The summed E-state index contributed by atoms with van der Waals surface area (Å²) in [4.78, 5) is 12.2. The Morgan fingerprint density at radius 2 is 1.58 bits per heavy atom. The van der Waals surface area contributed by atoms with Crippen LogP contribution in [0.3, 0.4) is 0 Å². The smallest absolute Gasteiger partial charge is 0.225 e. The molecule has 0 radical (unpaired) electrons. The van der Waals surface area contributed by atoms with Gasteiger partial charge in [0.1, 0.15) is 0 Å². The van der Waals surface area contributed by atoms with Crippen LogP contribution < -0.4 is 11.5 Å². The van der Waals surface area contributed by atoms with Crippen LogP contribution in [0.15, 0.2) is 22.7 Å². The van der Waals surface area contributed by atoms with Crippen LogP contribution in [0.5, 0.6) is 0 Å². The summed E-state index contributed by atoms with van der Waals surface area (Å²) >= 11 is 3.54. The second-order valence-electron chi connectivity index (χ2n) is 5.29. The molecule has 0 aliphatic rings. The van der Waals surface area contributed by atoms with Gasteiger partial charge in [-0.1, -0.05) is 48.8 Å². The van der Waals surface area contributed by atoms with Gasteiger partial charge in [-0.3, -0.25) is 0 Å². The van der Waals surface area contributed by atoms with Gasteiger partial charge in [-0.15, -0.1) is 0 Å². The zero-order valence-electron chi connectivity index (χ0n) is 11.1. The molecule has 6 heteroatoms. The summed E-state index contributed by atoms with van der Waals surface area (Å²) in [5, 5.41) is 0. The van der Waals surface area contributed by atoms with Gasteiger partial charge in [0.2, 0.25) is 11.9 Å². The van der Waals surface area contributed by atoms with Gasteiger partial charge in [0.15, 0.2) is 5.82 Å². The SMILES string of the molecule is CC(C)(C)c1cccc(Br)c1-c1nc(N)nc(N)n1. The van der Waals surface area contributed by atoms with Crippen molar-refractivity contribution in [3.63, 3.8) is 0 Å². The van der Waals surface area contributed by atoms with Crippen molar-refractivity contribution in [2.75, 3.05) is 11.5 Å². The molecule has 100 valence electrons. The number of nitrogen functional groups attached to an aromatic ring is 2. The fourth-order valence-electron chi connectivity index (χ4n) is 1.90. The first kappa shape index (κ1) is 13.7. The fourth-order valence-corrected chi connectivity index (χ4v) is 2.44. The van der Waals surface area contributed by atoms with Crippen molar-refractivity contribution in [1.29, 1.82) is 0 Å². The summed E-state index contributed by atoms with van der Waals surface area (Å²) < 4.78 is 0.907. The average molecular weight is 322 g/mol. The molecule has 0 atom stereocenters. The Bertz CT molecular complexity index is 599. The molecule has 0 aliphatic heterocycles. The number of nitrogens with two attached hydrogens (primary N) is 2. The molecule has 2 rings (SSSR count). The zero-order chi connectivity index (χ0) is 14.2. The van der Waals surface area contributed by atoms with Crippen LogP contribution in [0.25, 0.3) is 11.4 Å². The van der Waals surface area contributed by atoms with E-state index < -0.39 is 0 Å². The second kappa shape index (κ2) is 4.77. The van der Waals surface area contributed by atoms with Gasteiger partial charge in [0, 0.05) is 10.0 Å². The van der Waals surface area contributed by atoms with Crippen molar-refractivity contribution < 1.29 is 0 Å². The van der Waals surface area contributed by atoms with Crippen LogP contribution in [0.2, 0.25) is 0 Å². The Morgan fingerprint density at radius 1 is 1.00 bits per heavy atom. The molecule has 1 aromatic heterocycles. The highest BCUT2D eigenvalue weighted by Gasteiger charge is 2.22. The number of hydrogen-bond acceptors (Lipinski definition) is 5. The maximum atomic E-state index is 5.65. The Hall–Kier alpha value is -1.69. The zero-order valence-corrected chi connectivity index (χ0v) is 12.7. The molecule has 0 aliphatic carbocycles. The maximum Gasteiger partial charge on any atom is 0.225 e. The first-order valence-corrected chi connectivity index (χ1v) is 6.64. The predicted molar refractivity (Wildman–Crippen MR) is 80.5 cm³/mol. The van der Waals surface area contributed by atoms with Crippen molar-refractivity contribution in [3.05, 3.63) is 28.2 Å². The summed E-state index contributed by atoms with van der Waals surface area (Å²) in [6.45, 7) is 6.39. The van der Waals surface area contributed by atoms with E-state index in [0.29, 0.717) is 5.82 Å². The van der Waals surface area contributed by atoms with Crippen molar-refractivity contribution in [2.24, 2.45) is 0 Å². The molecular formula is C13H16BrN5. The standard InChI is InChI=1S/C13H16BrN5/c1-13(2,3)7-5-4-6-8(14)9(7)10-17-11(15)19-12(16)18-10/h4-6H,1-3H3,(H4,15,16,17,18,19). The molecule has 0 bridgehead atoms. The van der Waals surface area contributed by atoms with Crippen LogP contribution in [0, 0.1) is 0 Å². The summed E-state index contributed by atoms with van der Waals surface area (Å²) in [6.07, 6.45) is 0. The molecule has 0 unspecified atom stereocenters. The molecule has 2 aromatic rings. The van der Waals surface area contributed by atoms with Crippen LogP contribution in [0.1, 0.15) is 26.3 Å². The van der Waals surface area contributed by atoms with Crippen molar-refractivity contribution >= 4 is 27.8 Å². The molecule has 4 N–H and O–H groups in total. The molecule has 1 heterocycles. The third-order valence-corrected chi connectivity index (χ3v) is 3.38. The minimum absolute atomic E-state index is 0.0464. The van der Waals surface area contributed by atoms with E-state index in [-0.39, 0.29) is 17.3 Å². The van der Waals surface area contributed by atoms with Gasteiger partial charge in [-0.25, -0.2) is 0 Å². The van der Waals surface area contributed by atoms with Gasteiger partial charge in [0.05, 0.1) is 0 Å². The lowest BCUT2D eigenvalue weighted by Gasteiger charge is -2.23. The number of anilines is 2. The fraction of sp³-hybridized carbons (Fsp3) is 0.308. The largest absolute Gasteiger partial charge is 0.368 e. The van der Waals surface area contributed by atoms with Crippen molar-refractivity contribution in [1.82, 2.24) is 15.0 Å². The van der Waals surface area contributed by atoms with E-state index in [1.165, 1.54) is 0 Å². The van der Waals surface area contributed by atoms with E-state index in [2.05, 4.69) is 57.7 Å². The Balaban J connectivity index is 2.74. The van der Waals surface area contributed by atoms with E-state index in [4.69, 9.17) is 11.5 Å². The summed E-state index contributed by atoms with van der Waals surface area (Å²) in [5.41, 5.74) is 13.3. The minimum atomic E-state index is -0.0464. The lowest BCUT2D eigenvalue weighted by molar-refractivity contribution is 0.591. The van der Waals surface area contributed by atoms with E-state index in [9.17, 15) is 0 Å². The number of aromatic nitrogens is 3. The quantitative estimate of drug-likeness (QED) is 0.842. The van der Waals surface area contributed by atoms with Crippen LogP contribution in [-0.2, 0) is 5.41 Å². The van der Waals surface area contributed by atoms with E-state index >= 15 is 0 Å². The molecular weight excluding hydrogens is 306 g/mol. The van der Waals surface area contributed by atoms with E-state index in [1.54, 1.807) is 0 Å². The third kappa shape index (κ3) is 2.84. The lowest BCUT2D eigenvalue weighted by Crippen LogP contribution is -2.14. The molecule has 19 heavy (non-hydrogen) atoms. The highest BCUT2D eigenvalue weighted by molar-refractivity contribution is 9.10. The Labute approximate surface area is 120 Å². The molecule has 0 amide bonds. The van der Waals surface area contributed by atoms with Gasteiger partial charge < -0.3 is 11.5 Å². The van der Waals surface area contributed by atoms with Crippen LogP contribution >= 0.6 is 15.9 Å². The average Bonchev–Trinajstić information content (AvgIpc) is 2.25. The normalized spacial score (nSPS) is 11.6. The van der Waals surface area contributed by atoms with Gasteiger partial charge in [0.25, 0.3) is 0 Å². The first-order valence-electron chi connectivity index (χ1n) is 5.85. The highest BCUT2D eigenvalue weighted by atomic mass is 79.9. The minimum Gasteiger partial charge on any atom is -0.368 e. The van der Waals surface area contributed by atoms with E-state index in [1.807, 2.05) is 12.1 Å². The predicted octanol–water partition coefficient (Wildman–Crippen LogP) is 2.76. The molecule has 0 spiro atoms. The molecule has 0 fully saturated rings. The monoisotopic (exact) mass is 321 g/mol. The first-order chi connectivity index (χ1) is 8.79. The molecule has 0 saturated carbocycles. The summed E-state index contributed by atoms with van der Waals surface area (Å²) in [7, 11) is 0. The number of benzene rings is 1. The Morgan fingerprint density at radius 3 is 2.11 bits per heavy atom. The van der Waals surface area contributed by atoms with E-state index in [0.717, 1.165) is 15.6 Å². The van der Waals surface area contributed by atoms with Gasteiger partial charge >= 0.3 is 0 Å². The molecule has 1 aromatic carbocycles. The van der Waals surface area contributed by atoms with Crippen molar-refractivity contribution in [2.45, 2.75) is 26.2 Å².